The van der Waals surface area contributed by atoms with Gasteiger partial charge in [-0.15, -0.1) is 0 Å². The van der Waals surface area contributed by atoms with Gasteiger partial charge in [0.2, 0.25) is 0 Å². The molecule has 24 heavy (non-hydrogen) atoms. The summed E-state index contributed by atoms with van der Waals surface area (Å²) < 4.78 is 29.1. The minimum Gasteiger partial charge on any atom is -0.456 e. The number of esters is 1. The minimum atomic E-state index is -3.54. The largest absolute Gasteiger partial charge is 0.456 e. The van der Waals surface area contributed by atoms with Crippen LogP contribution in [0.25, 0.3) is 0 Å². The highest BCUT2D eigenvalue weighted by atomic mass is 32.2. The second-order valence-electron chi connectivity index (χ2n) is 6.14. The van der Waals surface area contributed by atoms with Gasteiger partial charge in [-0.05, 0) is 31.9 Å². The predicted molar refractivity (Wildman–Crippen MR) is 91.3 cm³/mol. The fourth-order valence-electron chi connectivity index (χ4n) is 1.76. The molecule has 0 bridgehead atoms. The van der Waals surface area contributed by atoms with Crippen molar-refractivity contribution in [3.05, 3.63) is 29.8 Å². The van der Waals surface area contributed by atoms with Gasteiger partial charge in [-0.3, -0.25) is 9.59 Å². The molecule has 7 heteroatoms. The van der Waals surface area contributed by atoms with Crippen LogP contribution in [0.4, 0.5) is 0 Å². The van der Waals surface area contributed by atoms with Gasteiger partial charge in [0.05, 0.1) is 17.1 Å². The molecule has 0 aliphatic heterocycles. The van der Waals surface area contributed by atoms with Crippen molar-refractivity contribution < 1.29 is 22.7 Å². The first-order valence-electron chi connectivity index (χ1n) is 7.86. The van der Waals surface area contributed by atoms with E-state index in [4.69, 9.17) is 4.74 Å². The van der Waals surface area contributed by atoms with Crippen LogP contribution in [-0.4, -0.2) is 38.7 Å². The second kappa shape index (κ2) is 8.82. The molecule has 0 aromatic heterocycles. The number of nitrogens with one attached hydrogen (secondary N) is 1. The number of aryl methyl sites for hydroxylation is 1. The highest BCUT2D eigenvalue weighted by molar-refractivity contribution is 7.91. The van der Waals surface area contributed by atoms with Gasteiger partial charge in [-0.25, -0.2) is 8.42 Å². The van der Waals surface area contributed by atoms with Crippen LogP contribution < -0.4 is 5.32 Å². The van der Waals surface area contributed by atoms with E-state index in [1.165, 1.54) is 12.1 Å². The Kier molecular flexibility index (Phi) is 7.41. The van der Waals surface area contributed by atoms with Gasteiger partial charge in [0.25, 0.3) is 5.91 Å². The molecule has 1 N–H and O–H groups in total. The van der Waals surface area contributed by atoms with E-state index in [9.17, 15) is 18.0 Å². The molecule has 1 aromatic carbocycles. The molecule has 0 unspecified atom stereocenters. The van der Waals surface area contributed by atoms with Crippen LogP contribution in [0.15, 0.2) is 29.2 Å². The third-order valence-corrected chi connectivity index (χ3v) is 5.44. The molecule has 0 radical (unpaired) electrons. The number of amides is 1. The average molecular weight is 355 g/mol. The van der Waals surface area contributed by atoms with E-state index in [-0.39, 0.29) is 29.0 Å². The Balaban J connectivity index is 2.43. The molecule has 0 saturated heterocycles. The molecule has 0 spiro atoms. The zero-order valence-electron chi connectivity index (χ0n) is 14.5. The Bertz CT molecular complexity index is 665. The topological polar surface area (TPSA) is 89.5 Å². The molecule has 0 aliphatic carbocycles. The Hall–Kier alpha value is -1.89. The minimum absolute atomic E-state index is 0.0295. The van der Waals surface area contributed by atoms with Crippen LogP contribution in [-0.2, 0) is 24.2 Å². The molecule has 134 valence electrons. The van der Waals surface area contributed by atoms with Crippen LogP contribution in [0.3, 0.4) is 0 Å². The van der Waals surface area contributed by atoms with Crippen molar-refractivity contribution in [3.63, 3.8) is 0 Å². The van der Waals surface area contributed by atoms with Crippen LogP contribution >= 0.6 is 0 Å². The molecule has 1 atom stereocenters. The summed E-state index contributed by atoms with van der Waals surface area (Å²) in [7, 11) is -3.54. The van der Waals surface area contributed by atoms with Crippen LogP contribution in [0.1, 0.15) is 32.8 Å². The summed E-state index contributed by atoms with van der Waals surface area (Å²) in [5.41, 5.74) is 0.954. The summed E-state index contributed by atoms with van der Waals surface area (Å²) in [5, 5.41) is 2.70. The van der Waals surface area contributed by atoms with E-state index in [1.54, 1.807) is 12.1 Å². The summed E-state index contributed by atoms with van der Waals surface area (Å²) in [5.74, 6) is -1.19. The van der Waals surface area contributed by atoms with Gasteiger partial charge < -0.3 is 10.1 Å². The van der Waals surface area contributed by atoms with Crippen LogP contribution in [0.2, 0.25) is 0 Å². The van der Waals surface area contributed by atoms with Crippen molar-refractivity contribution in [1.29, 1.82) is 0 Å². The maximum atomic E-state index is 12.1. The number of carbonyl (C=O) groups excluding carboxylic acids is 2. The molecular weight excluding hydrogens is 330 g/mol. The SMILES string of the molecule is Cc1ccc(S(=O)(=O)CCC(=O)OCC(=O)N[C@H](C)C(C)C)cc1. The molecular formula is C17H25NO5S. The van der Waals surface area contributed by atoms with Gasteiger partial charge in [-0.1, -0.05) is 31.5 Å². The van der Waals surface area contributed by atoms with Crippen molar-refractivity contribution >= 4 is 21.7 Å². The Morgan fingerprint density at radius 1 is 1.12 bits per heavy atom. The maximum absolute atomic E-state index is 12.1. The van der Waals surface area contributed by atoms with E-state index in [1.807, 2.05) is 27.7 Å². The highest BCUT2D eigenvalue weighted by Crippen LogP contribution is 2.13. The van der Waals surface area contributed by atoms with Crippen molar-refractivity contribution in [1.82, 2.24) is 5.32 Å². The standard InChI is InChI=1S/C17H25NO5S/c1-12(2)14(4)18-16(19)11-23-17(20)9-10-24(21,22)15-7-5-13(3)6-8-15/h5-8,12,14H,9-11H2,1-4H3,(H,18,19)/t14-/m1/s1. The van der Waals surface area contributed by atoms with Crippen molar-refractivity contribution in [3.8, 4) is 0 Å². The smallest absolute Gasteiger partial charge is 0.307 e. The number of benzene rings is 1. The van der Waals surface area contributed by atoms with Gasteiger partial charge in [0.1, 0.15) is 0 Å². The molecule has 0 heterocycles. The zero-order valence-corrected chi connectivity index (χ0v) is 15.4. The number of carbonyl (C=O) groups is 2. The Morgan fingerprint density at radius 3 is 2.25 bits per heavy atom. The van der Waals surface area contributed by atoms with E-state index in [2.05, 4.69) is 5.32 Å². The highest BCUT2D eigenvalue weighted by Gasteiger charge is 2.18. The molecule has 6 nitrogen and oxygen atoms in total. The second-order valence-corrected chi connectivity index (χ2v) is 8.25. The van der Waals surface area contributed by atoms with Gasteiger partial charge in [0, 0.05) is 6.04 Å². The van der Waals surface area contributed by atoms with E-state index in [0.717, 1.165) is 5.56 Å². The lowest BCUT2D eigenvalue weighted by molar-refractivity contribution is -0.148. The van der Waals surface area contributed by atoms with E-state index in [0.29, 0.717) is 0 Å². The monoisotopic (exact) mass is 355 g/mol. The number of sulfone groups is 1. The van der Waals surface area contributed by atoms with Gasteiger partial charge >= 0.3 is 5.97 Å². The number of rotatable bonds is 8. The molecule has 1 amide bonds. The van der Waals surface area contributed by atoms with Gasteiger partial charge in [0.15, 0.2) is 16.4 Å². The maximum Gasteiger partial charge on any atom is 0.307 e. The number of hydrogen-bond donors (Lipinski definition) is 1. The van der Waals surface area contributed by atoms with Gasteiger partial charge in [-0.2, -0.15) is 0 Å². The molecule has 0 fully saturated rings. The number of ether oxygens (including phenoxy) is 1. The van der Waals surface area contributed by atoms with Crippen LogP contribution in [0, 0.1) is 12.8 Å². The van der Waals surface area contributed by atoms with Crippen molar-refractivity contribution in [2.24, 2.45) is 5.92 Å². The summed E-state index contributed by atoms with van der Waals surface area (Å²) in [6, 6.07) is 6.39. The molecule has 0 aliphatic rings. The Morgan fingerprint density at radius 2 is 1.71 bits per heavy atom. The molecule has 0 saturated carbocycles. The summed E-state index contributed by atoms with van der Waals surface area (Å²) in [6.45, 7) is 7.25. The van der Waals surface area contributed by atoms with Crippen LogP contribution in [0.5, 0.6) is 0 Å². The van der Waals surface area contributed by atoms with Crippen molar-refractivity contribution in [2.75, 3.05) is 12.4 Å². The predicted octanol–water partition coefficient (Wildman–Crippen LogP) is 1.86. The summed E-state index contributed by atoms with van der Waals surface area (Å²) in [4.78, 5) is 23.4. The van der Waals surface area contributed by atoms with E-state index < -0.39 is 28.3 Å². The third-order valence-electron chi connectivity index (χ3n) is 3.71. The first-order valence-corrected chi connectivity index (χ1v) is 9.51. The molecule has 1 rings (SSSR count). The normalized spacial score (nSPS) is 12.7. The average Bonchev–Trinajstić information content (AvgIpc) is 2.51. The fraction of sp³-hybridized carbons (Fsp3) is 0.529. The Labute approximate surface area is 143 Å². The first kappa shape index (κ1) is 20.2. The van der Waals surface area contributed by atoms with E-state index >= 15 is 0 Å². The summed E-state index contributed by atoms with van der Waals surface area (Å²) in [6.07, 6.45) is -0.288. The number of hydrogen-bond acceptors (Lipinski definition) is 5. The summed E-state index contributed by atoms with van der Waals surface area (Å²) >= 11 is 0. The quantitative estimate of drug-likeness (QED) is 0.719. The molecule has 1 aromatic rings. The first-order chi connectivity index (χ1) is 11.1. The zero-order chi connectivity index (χ0) is 18.3. The lowest BCUT2D eigenvalue weighted by Gasteiger charge is -2.17. The lowest BCUT2D eigenvalue weighted by Crippen LogP contribution is -2.38. The third kappa shape index (κ3) is 6.70. The van der Waals surface area contributed by atoms with Crippen molar-refractivity contribution in [2.45, 2.75) is 45.1 Å². The fourth-order valence-corrected chi connectivity index (χ4v) is 2.98. The lowest BCUT2D eigenvalue weighted by atomic mass is 10.1.